The summed E-state index contributed by atoms with van der Waals surface area (Å²) in [6, 6.07) is 7.33. The molecule has 2 amide bonds. The van der Waals surface area contributed by atoms with Crippen LogP contribution in [0, 0.1) is 0 Å². The maximum absolute atomic E-state index is 12.6. The molecule has 1 aromatic carbocycles. The summed E-state index contributed by atoms with van der Waals surface area (Å²) in [6.07, 6.45) is 1.74. The normalized spacial score (nSPS) is 15.9. The molecule has 1 N–H and O–H groups in total. The van der Waals surface area contributed by atoms with E-state index in [1.807, 2.05) is 37.2 Å². The van der Waals surface area contributed by atoms with E-state index < -0.39 is 0 Å². The van der Waals surface area contributed by atoms with E-state index in [0.29, 0.717) is 56.6 Å². The smallest absolute Gasteiger partial charge is 0.321 e. The van der Waals surface area contributed by atoms with Crippen molar-refractivity contribution in [3.8, 4) is 11.5 Å². The molecule has 0 bridgehead atoms. The number of carbonyl (C=O) groups is 1. The summed E-state index contributed by atoms with van der Waals surface area (Å²) in [5.41, 5.74) is 1.70. The first-order valence-corrected chi connectivity index (χ1v) is 9.31. The molecule has 2 aliphatic rings. The van der Waals surface area contributed by atoms with Crippen molar-refractivity contribution in [1.82, 2.24) is 15.1 Å². The molecule has 9 heteroatoms. The quantitative estimate of drug-likeness (QED) is 0.862. The van der Waals surface area contributed by atoms with Gasteiger partial charge in [0.25, 0.3) is 0 Å². The third-order valence-corrected chi connectivity index (χ3v) is 4.83. The molecule has 1 saturated heterocycles. The molecule has 3 heterocycles. The minimum absolute atomic E-state index is 0.121. The summed E-state index contributed by atoms with van der Waals surface area (Å²) in [6.45, 7) is 3.71. The van der Waals surface area contributed by atoms with Crippen molar-refractivity contribution in [2.24, 2.45) is 0 Å². The van der Waals surface area contributed by atoms with E-state index in [2.05, 4.69) is 20.4 Å². The Bertz CT molecular complexity index is 851. The number of urea groups is 1. The molecule has 1 fully saturated rings. The second kappa shape index (κ2) is 7.79. The van der Waals surface area contributed by atoms with Crippen molar-refractivity contribution in [3.05, 3.63) is 30.5 Å². The average Bonchev–Trinajstić information content (AvgIpc) is 2.74. The molecule has 0 radical (unpaired) electrons. The minimum atomic E-state index is -0.121. The molecule has 148 valence electrons. The van der Waals surface area contributed by atoms with Gasteiger partial charge in [-0.2, -0.15) is 5.10 Å². The number of rotatable bonds is 3. The van der Waals surface area contributed by atoms with E-state index in [9.17, 15) is 4.79 Å². The van der Waals surface area contributed by atoms with Crippen LogP contribution in [0.2, 0.25) is 0 Å². The van der Waals surface area contributed by atoms with E-state index >= 15 is 0 Å². The standard InChI is InChI=1S/C19H24N6O3/c1-23(2)15-12-18(22-20-13-15)24-5-7-25(8-6-24)19(26)21-14-3-4-16-17(11-14)28-10-9-27-16/h3-4,11-13H,5-10H2,1-2H3,(H,21,26). The van der Waals surface area contributed by atoms with Crippen molar-refractivity contribution in [1.29, 1.82) is 0 Å². The van der Waals surface area contributed by atoms with E-state index in [4.69, 9.17) is 9.47 Å². The number of amides is 2. The molecule has 2 aromatic rings. The lowest BCUT2D eigenvalue weighted by Crippen LogP contribution is -2.50. The molecule has 0 saturated carbocycles. The molecule has 0 aliphatic carbocycles. The fraction of sp³-hybridized carbons (Fsp3) is 0.421. The zero-order chi connectivity index (χ0) is 19.5. The Kier molecular flexibility index (Phi) is 5.05. The van der Waals surface area contributed by atoms with E-state index in [1.54, 1.807) is 17.2 Å². The number of benzene rings is 1. The highest BCUT2D eigenvalue weighted by Gasteiger charge is 2.23. The number of anilines is 3. The van der Waals surface area contributed by atoms with Crippen LogP contribution in [0.4, 0.5) is 22.0 Å². The highest BCUT2D eigenvalue weighted by molar-refractivity contribution is 5.90. The van der Waals surface area contributed by atoms with Crippen LogP contribution in [-0.4, -0.2) is 74.6 Å². The Morgan fingerprint density at radius 2 is 1.82 bits per heavy atom. The van der Waals surface area contributed by atoms with Gasteiger partial charge in [0, 0.05) is 58.1 Å². The second-order valence-corrected chi connectivity index (χ2v) is 6.93. The first-order valence-electron chi connectivity index (χ1n) is 9.31. The van der Waals surface area contributed by atoms with Crippen LogP contribution in [0.1, 0.15) is 0 Å². The first kappa shape index (κ1) is 18.1. The summed E-state index contributed by atoms with van der Waals surface area (Å²) in [5, 5.41) is 11.2. The van der Waals surface area contributed by atoms with Crippen LogP contribution < -0.4 is 24.6 Å². The number of hydrogen-bond donors (Lipinski definition) is 1. The highest BCUT2D eigenvalue weighted by atomic mass is 16.6. The lowest BCUT2D eigenvalue weighted by atomic mass is 10.2. The fourth-order valence-corrected chi connectivity index (χ4v) is 3.21. The number of ether oxygens (including phenoxy) is 2. The van der Waals surface area contributed by atoms with E-state index in [-0.39, 0.29) is 6.03 Å². The average molecular weight is 384 g/mol. The van der Waals surface area contributed by atoms with Crippen LogP contribution in [0.3, 0.4) is 0 Å². The van der Waals surface area contributed by atoms with Gasteiger partial charge in [0.15, 0.2) is 17.3 Å². The topological polar surface area (TPSA) is 83.1 Å². The number of piperazine rings is 1. The number of fused-ring (bicyclic) bond motifs is 1. The number of hydrogen-bond acceptors (Lipinski definition) is 7. The van der Waals surface area contributed by atoms with Gasteiger partial charge in [-0.05, 0) is 12.1 Å². The molecular formula is C19H24N6O3. The predicted molar refractivity (Wildman–Crippen MR) is 107 cm³/mol. The lowest BCUT2D eigenvalue weighted by molar-refractivity contribution is 0.171. The molecule has 28 heavy (non-hydrogen) atoms. The van der Waals surface area contributed by atoms with Gasteiger partial charge in [-0.1, -0.05) is 0 Å². The van der Waals surface area contributed by atoms with Crippen LogP contribution in [-0.2, 0) is 0 Å². The third-order valence-electron chi connectivity index (χ3n) is 4.83. The molecule has 9 nitrogen and oxygen atoms in total. The Morgan fingerprint density at radius 3 is 2.57 bits per heavy atom. The largest absolute Gasteiger partial charge is 0.486 e. The van der Waals surface area contributed by atoms with Crippen LogP contribution in [0.5, 0.6) is 11.5 Å². The second-order valence-electron chi connectivity index (χ2n) is 6.93. The molecule has 0 atom stereocenters. The number of aromatic nitrogens is 2. The molecular weight excluding hydrogens is 360 g/mol. The van der Waals surface area contributed by atoms with Crippen molar-refractivity contribution in [3.63, 3.8) is 0 Å². The summed E-state index contributed by atoms with van der Waals surface area (Å²) < 4.78 is 11.1. The zero-order valence-electron chi connectivity index (χ0n) is 16.1. The number of nitrogens with zero attached hydrogens (tertiary/aromatic N) is 5. The Labute approximate surface area is 163 Å². The Hall–Kier alpha value is -3.23. The molecule has 4 rings (SSSR count). The SMILES string of the molecule is CN(C)c1cnnc(N2CCN(C(=O)Nc3ccc4c(c3)OCCO4)CC2)c1. The van der Waals surface area contributed by atoms with Crippen LogP contribution in [0.15, 0.2) is 30.5 Å². The van der Waals surface area contributed by atoms with Gasteiger partial charge in [0.05, 0.1) is 11.9 Å². The Balaban J connectivity index is 1.35. The summed E-state index contributed by atoms with van der Waals surface area (Å²) in [5.74, 6) is 2.20. The Morgan fingerprint density at radius 1 is 1.07 bits per heavy atom. The molecule has 1 aromatic heterocycles. The van der Waals surface area contributed by atoms with Gasteiger partial charge in [-0.3, -0.25) is 0 Å². The molecule has 2 aliphatic heterocycles. The maximum atomic E-state index is 12.6. The minimum Gasteiger partial charge on any atom is -0.486 e. The van der Waals surface area contributed by atoms with Crippen molar-refractivity contribution in [2.75, 3.05) is 68.6 Å². The van der Waals surface area contributed by atoms with Gasteiger partial charge in [-0.15, -0.1) is 5.10 Å². The van der Waals surface area contributed by atoms with Gasteiger partial charge in [-0.25, -0.2) is 4.79 Å². The van der Waals surface area contributed by atoms with Gasteiger partial charge in [0.1, 0.15) is 13.2 Å². The zero-order valence-corrected chi connectivity index (χ0v) is 16.1. The van der Waals surface area contributed by atoms with Crippen molar-refractivity contribution in [2.45, 2.75) is 0 Å². The fourth-order valence-electron chi connectivity index (χ4n) is 3.21. The van der Waals surface area contributed by atoms with Crippen LogP contribution in [0.25, 0.3) is 0 Å². The van der Waals surface area contributed by atoms with Gasteiger partial charge in [0.2, 0.25) is 0 Å². The monoisotopic (exact) mass is 384 g/mol. The lowest BCUT2D eigenvalue weighted by Gasteiger charge is -2.35. The van der Waals surface area contributed by atoms with Crippen LogP contribution >= 0.6 is 0 Å². The third kappa shape index (κ3) is 3.88. The summed E-state index contributed by atoms with van der Waals surface area (Å²) >= 11 is 0. The highest BCUT2D eigenvalue weighted by Crippen LogP contribution is 2.32. The number of nitrogens with one attached hydrogen (secondary N) is 1. The van der Waals surface area contributed by atoms with Crippen molar-refractivity contribution < 1.29 is 14.3 Å². The summed E-state index contributed by atoms with van der Waals surface area (Å²) in [7, 11) is 3.95. The van der Waals surface area contributed by atoms with E-state index in [0.717, 1.165) is 11.5 Å². The summed E-state index contributed by atoms with van der Waals surface area (Å²) in [4.78, 5) is 18.6. The first-order chi connectivity index (χ1) is 13.6. The predicted octanol–water partition coefficient (Wildman–Crippen LogP) is 1.67. The van der Waals surface area contributed by atoms with Gasteiger partial charge >= 0.3 is 6.03 Å². The van der Waals surface area contributed by atoms with Gasteiger partial charge < -0.3 is 29.5 Å². The maximum Gasteiger partial charge on any atom is 0.321 e. The van der Waals surface area contributed by atoms with E-state index in [1.165, 1.54) is 0 Å². The molecule has 0 spiro atoms. The van der Waals surface area contributed by atoms with Crippen molar-refractivity contribution >= 4 is 23.2 Å². The molecule has 0 unspecified atom stereocenters. The number of carbonyl (C=O) groups excluding carboxylic acids is 1.